The first-order valence-electron chi connectivity index (χ1n) is 18.7. The summed E-state index contributed by atoms with van der Waals surface area (Å²) >= 11 is 3.56. The van der Waals surface area contributed by atoms with E-state index in [9.17, 15) is 0 Å². The van der Waals surface area contributed by atoms with Crippen LogP contribution in [0.2, 0.25) is 0 Å². The first-order chi connectivity index (χ1) is 28.2. The van der Waals surface area contributed by atoms with Gasteiger partial charge in [-0.3, -0.25) is 0 Å². The average Bonchev–Trinajstić information content (AvgIpc) is 3.97. The molecule has 0 spiro atoms. The highest BCUT2D eigenvalue weighted by Gasteiger charge is 2.21. The molecule has 0 saturated heterocycles. The maximum atomic E-state index is 6.47. The molecule has 0 unspecified atom stereocenters. The van der Waals surface area contributed by atoms with Crippen molar-refractivity contribution in [2.75, 3.05) is 0 Å². The molecule has 12 aromatic rings. The summed E-state index contributed by atoms with van der Waals surface area (Å²) in [6, 6.07) is 56.4. The molecule has 8 heteroatoms. The Morgan fingerprint density at radius 3 is 1.82 bits per heavy atom. The third-order valence-corrected chi connectivity index (χ3v) is 12.8. The number of para-hydroxylation sites is 1. The molecule has 5 aromatic heterocycles. The van der Waals surface area contributed by atoms with Gasteiger partial charge in [0.1, 0.15) is 16.8 Å². The molecule has 5 heterocycles. The van der Waals surface area contributed by atoms with Gasteiger partial charge in [-0.15, -0.1) is 22.7 Å². The van der Waals surface area contributed by atoms with Gasteiger partial charge in [0.05, 0.1) is 0 Å². The van der Waals surface area contributed by atoms with E-state index in [1.165, 1.54) is 20.2 Å². The van der Waals surface area contributed by atoms with Gasteiger partial charge in [-0.1, -0.05) is 115 Å². The predicted octanol–water partition coefficient (Wildman–Crippen LogP) is 13.6. The summed E-state index contributed by atoms with van der Waals surface area (Å²) in [7, 11) is 0. The van der Waals surface area contributed by atoms with Gasteiger partial charge >= 0.3 is 0 Å². The molecule has 0 radical (unpaired) electrons. The number of hydrogen-bond acceptors (Lipinski definition) is 8. The molecule has 7 aromatic carbocycles. The van der Waals surface area contributed by atoms with E-state index in [-0.39, 0.29) is 0 Å². The fraction of sp³-hybridized carbons (Fsp3) is 0. The Kier molecular flexibility index (Phi) is 7.17. The predicted molar refractivity (Wildman–Crippen MR) is 236 cm³/mol. The van der Waals surface area contributed by atoms with Crippen molar-refractivity contribution < 1.29 is 4.42 Å². The molecular weight excluding hydrogens is 739 g/mol. The molecule has 57 heavy (non-hydrogen) atoms. The van der Waals surface area contributed by atoms with Crippen LogP contribution in [0.5, 0.6) is 0 Å². The topological polar surface area (TPSA) is 77.6 Å². The summed E-state index contributed by atoms with van der Waals surface area (Å²) < 4.78 is 11.3. The Balaban J connectivity index is 1.04. The maximum Gasteiger partial charge on any atom is 0.180 e. The quantitative estimate of drug-likeness (QED) is 0.174. The van der Waals surface area contributed by atoms with E-state index in [1.807, 2.05) is 66.7 Å². The molecule has 0 aliphatic heterocycles. The van der Waals surface area contributed by atoms with E-state index in [4.69, 9.17) is 29.3 Å². The Labute approximate surface area is 333 Å². The summed E-state index contributed by atoms with van der Waals surface area (Å²) in [5, 5.41) is 5.65. The highest BCUT2D eigenvalue weighted by molar-refractivity contribution is 7.26. The van der Waals surface area contributed by atoms with Crippen LogP contribution in [0.4, 0.5) is 0 Å². The van der Waals surface area contributed by atoms with Crippen LogP contribution in [-0.4, -0.2) is 24.9 Å². The maximum absolute atomic E-state index is 6.47. The molecule has 6 nitrogen and oxygen atoms in total. The van der Waals surface area contributed by atoms with E-state index in [2.05, 4.69) is 97.1 Å². The van der Waals surface area contributed by atoms with Crippen LogP contribution < -0.4 is 0 Å². The van der Waals surface area contributed by atoms with Crippen molar-refractivity contribution >= 4 is 85.1 Å². The molecular formula is C49H27N5OS2. The largest absolute Gasteiger partial charge is 0.452 e. The normalized spacial score (nSPS) is 11.9. The van der Waals surface area contributed by atoms with E-state index in [0.717, 1.165) is 70.2 Å². The molecule has 0 saturated carbocycles. The summed E-state index contributed by atoms with van der Waals surface area (Å²) in [6.07, 6.45) is 0. The van der Waals surface area contributed by atoms with Gasteiger partial charge in [-0.25, -0.2) is 24.9 Å². The van der Waals surface area contributed by atoms with Crippen molar-refractivity contribution in [2.24, 2.45) is 0 Å². The number of fused-ring (bicyclic) bond motifs is 9. The van der Waals surface area contributed by atoms with Crippen LogP contribution in [0.25, 0.3) is 119 Å². The molecule has 12 rings (SSSR count). The Bertz CT molecular complexity index is 3540. The van der Waals surface area contributed by atoms with Gasteiger partial charge < -0.3 is 4.42 Å². The summed E-state index contributed by atoms with van der Waals surface area (Å²) in [5.41, 5.74) is 7.80. The number of thiophene rings is 2. The summed E-state index contributed by atoms with van der Waals surface area (Å²) in [4.78, 5) is 25.6. The molecule has 0 aliphatic rings. The second-order valence-electron chi connectivity index (χ2n) is 14.0. The third kappa shape index (κ3) is 5.26. The minimum atomic E-state index is 0.635. The Morgan fingerprint density at radius 1 is 0.368 bits per heavy atom. The van der Waals surface area contributed by atoms with Crippen LogP contribution in [-0.2, 0) is 0 Å². The van der Waals surface area contributed by atoms with Crippen LogP contribution in [0.3, 0.4) is 0 Å². The molecule has 0 bridgehead atoms. The fourth-order valence-corrected chi connectivity index (χ4v) is 10.1. The number of nitrogens with zero attached hydrogens (tertiary/aromatic N) is 5. The van der Waals surface area contributed by atoms with Crippen molar-refractivity contribution in [1.29, 1.82) is 0 Å². The monoisotopic (exact) mass is 765 g/mol. The summed E-state index contributed by atoms with van der Waals surface area (Å²) in [5.74, 6) is 2.57. The van der Waals surface area contributed by atoms with Gasteiger partial charge in [0.15, 0.2) is 28.9 Å². The first kappa shape index (κ1) is 32.1. The van der Waals surface area contributed by atoms with Crippen molar-refractivity contribution in [3.05, 3.63) is 164 Å². The van der Waals surface area contributed by atoms with E-state index < -0.39 is 0 Å². The number of benzene rings is 7. The third-order valence-electron chi connectivity index (χ3n) is 10.6. The Hall–Kier alpha value is -7.13. The van der Waals surface area contributed by atoms with Crippen LogP contribution >= 0.6 is 22.7 Å². The molecule has 0 fully saturated rings. The lowest BCUT2D eigenvalue weighted by atomic mass is 10.0. The van der Waals surface area contributed by atoms with Gasteiger partial charge in [-0.2, -0.15) is 0 Å². The lowest BCUT2D eigenvalue weighted by Crippen LogP contribution is -2.00. The van der Waals surface area contributed by atoms with Crippen LogP contribution in [0.1, 0.15) is 0 Å². The standard InChI is InChI=1S/C49H27N5OS2/c1-3-12-28(13-4-1)46-50-43(45-44(51-46)33-17-7-9-19-37(33)55-45)30-22-24-34-41(27-30)57-40-21-11-18-35(42(34)40)49-53-47(29-14-5-2-6-15-29)52-48(54-49)31-23-25-39-36(26-31)32-16-8-10-20-38(32)56-39/h1-27H. The van der Waals surface area contributed by atoms with Crippen LogP contribution in [0, 0.1) is 0 Å². The van der Waals surface area contributed by atoms with E-state index >= 15 is 0 Å². The molecule has 0 atom stereocenters. The number of aromatic nitrogens is 5. The second kappa shape index (κ2) is 12.7. The lowest BCUT2D eigenvalue weighted by Gasteiger charge is -2.10. The number of hydrogen-bond donors (Lipinski definition) is 0. The summed E-state index contributed by atoms with van der Waals surface area (Å²) in [6.45, 7) is 0. The fourth-order valence-electron chi connectivity index (χ4n) is 7.87. The molecule has 0 amide bonds. The van der Waals surface area contributed by atoms with Crippen molar-refractivity contribution in [1.82, 2.24) is 24.9 Å². The van der Waals surface area contributed by atoms with E-state index in [0.29, 0.717) is 28.9 Å². The minimum absolute atomic E-state index is 0.635. The van der Waals surface area contributed by atoms with Crippen molar-refractivity contribution in [2.45, 2.75) is 0 Å². The molecule has 0 N–H and O–H groups in total. The zero-order valence-corrected chi connectivity index (χ0v) is 31.7. The zero-order chi connectivity index (χ0) is 37.5. The number of rotatable bonds is 5. The van der Waals surface area contributed by atoms with Gasteiger partial charge in [-0.05, 0) is 48.5 Å². The second-order valence-corrected chi connectivity index (χ2v) is 16.2. The first-order valence-corrected chi connectivity index (χ1v) is 20.3. The van der Waals surface area contributed by atoms with E-state index in [1.54, 1.807) is 22.7 Å². The zero-order valence-electron chi connectivity index (χ0n) is 30.0. The lowest BCUT2D eigenvalue weighted by molar-refractivity contribution is 0.667. The number of furan rings is 1. The highest BCUT2D eigenvalue weighted by Crippen LogP contribution is 2.43. The Morgan fingerprint density at radius 2 is 1.00 bits per heavy atom. The van der Waals surface area contributed by atoms with Gasteiger partial charge in [0.2, 0.25) is 0 Å². The van der Waals surface area contributed by atoms with Gasteiger partial charge in [0.25, 0.3) is 0 Å². The highest BCUT2D eigenvalue weighted by atomic mass is 32.1. The SMILES string of the molecule is c1ccc(-c2nc(-c3ccc4sc5ccccc5c4c3)nc(-c3cccc4sc5cc(-c6nc(-c7ccccc7)nc7c6oc6ccccc67)ccc5c34)n2)cc1. The molecule has 0 aliphatic carbocycles. The van der Waals surface area contributed by atoms with Crippen LogP contribution in [0.15, 0.2) is 168 Å². The average molecular weight is 766 g/mol. The smallest absolute Gasteiger partial charge is 0.180 e. The van der Waals surface area contributed by atoms with Gasteiger partial charge in [0, 0.05) is 73.5 Å². The van der Waals surface area contributed by atoms with Crippen molar-refractivity contribution in [3.63, 3.8) is 0 Å². The van der Waals surface area contributed by atoms with Crippen molar-refractivity contribution in [3.8, 4) is 56.8 Å². The minimum Gasteiger partial charge on any atom is -0.452 e. The molecule has 266 valence electrons.